The molecule has 1 saturated carbocycles. The Balaban J connectivity index is 1.96. The van der Waals surface area contributed by atoms with Crippen molar-refractivity contribution in [3.8, 4) is 0 Å². The van der Waals surface area contributed by atoms with Gasteiger partial charge in [0.05, 0.1) is 0 Å². The van der Waals surface area contributed by atoms with Crippen LogP contribution in [0, 0.1) is 5.82 Å². The second-order valence-corrected chi connectivity index (χ2v) is 3.73. The summed E-state index contributed by atoms with van der Waals surface area (Å²) in [6.07, 6.45) is 0.815. The van der Waals surface area contributed by atoms with Crippen molar-refractivity contribution in [3.63, 3.8) is 0 Å². The first kappa shape index (κ1) is 10.1. The molecular formula is C11H12FNO2. The van der Waals surface area contributed by atoms with E-state index in [0.717, 1.165) is 12.0 Å². The average molecular weight is 209 g/mol. The van der Waals surface area contributed by atoms with Crippen molar-refractivity contribution in [1.82, 2.24) is 5.32 Å². The molecule has 1 fully saturated rings. The highest BCUT2D eigenvalue weighted by Gasteiger charge is 2.39. The molecule has 2 N–H and O–H groups in total. The molecule has 15 heavy (non-hydrogen) atoms. The van der Waals surface area contributed by atoms with Gasteiger partial charge >= 0.3 is 0 Å². The number of aliphatic hydroxyl groups excluding tert-OH is 1. The van der Waals surface area contributed by atoms with Crippen LogP contribution in [0.25, 0.3) is 0 Å². The standard InChI is InChI=1S/C11H12FNO2/c12-8-3-1-2-7(4-8)9-5-10(9)13-11(15)6-14/h1-4,9-10,14H,5-6H2,(H,13,15)/t9-,10+/m1/s1. The lowest BCUT2D eigenvalue weighted by Crippen LogP contribution is -2.29. The van der Waals surface area contributed by atoms with Gasteiger partial charge in [-0.2, -0.15) is 0 Å². The molecule has 1 amide bonds. The van der Waals surface area contributed by atoms with Crippen LogP contribution in [0.2, 0.25) is 0 Å². The first-order valence-electron chi connectivity index (χ1n) is 4.86. The molecule has 2 atom stereocenters. The second-order valence-electron chi connectivity index (χ2n) is 3.73. The Morgan fingerprint density at radius 1 is 1.60 bits per heavy atom. The molecule has 1 aliphatic rings. The Morgan fingerprint density at radius 3 is 3.07 bits per heavy atom. The van der Waals surface area contributed by atoms with E-state index >= 15 is 0 Å². The second kappa shape index (κ2) is 3.98. The van der Waals surface area contributed by atoms with Gasteiger partial charge in [-0.1, -0.05) is 12.1 Å². The summed E-state index contributed by atoms with van der Waals surface area (Å²) in [6, 6.07) is 6.43. The van der Waals surface area contributed by atoms with Gasteiger partial charge in [0.2, 0.25) is 5.91 Å². The Morgan fingerprint density at radius 2 is 2.40 bits per heavy atom. The van der Waals surface area contributed by atoms with Crippen LogP contribution in [0.15, 0.2) is 24.3 Å². The van der Waals surface area contributed by atoms with Crippen LogP contribution in [0.4, 0.5) is 4.39 Å². The normalized spacial score (nSPS) is 23.6. The smallest absolute Gasteiger partial charge is 0.245 e. The van der Waals surface area contributed by atoms with Crippen molar-refractivity contribution >= 4 is 5.91 Å². The quantitative estimate of drug-likeness (QED) is 0.773. The van der Waals surface area contributed by atoms with Crippen LogP contribution < -0.4 is 5.32 Å². The summed E-state index contributed by atoms with van der Waals surface area (Å²) in [5, 5.41) is 11.2. The summed E-state index contributed by atoms with van der Waals surface area (Å²) >= 11 is 0. The number of carbonyl (C=O) groups excluding carboxylic acids is 1. The predicted octanol–water partition coefficient (Wildman–Crippen LogP) is 0.790. The molecule has 1 aliphatic carbocycles. The molecule has 1 aromatic rings. The maximum absolute atomic E-state index is 12.9. The molecule has 2 rings (SSSR count). The first-order chi connectivity index (χ1) is 7.20. The number of benzene rings is 1. The number of hydrogen-bond donors (Lipinski definition) is 2. The van der Waals surface area contributed by atoms with Crippen LogP contribution >= 0.6 is 0 Å². The average Bonchev–Trinajstić information content (AvgIpc) is 2.97. The van der Waals surface area contributed by atoms with Crippen molar-refractivity contribution in [2.45, 2.75) is 18.4 Å². The molecule has 0 unspecified atom stereocenters. The molecule has 0 spiro atoms. The highest BCUT2D eigenvalue weighted by Crippen LogP contribution is 2.40. The first-order valence-corrected chi connectivity index (χ1v) is 4.86. The SMILES string of the molecule is O=C(CO)N[C@H]1C[C@@H]1c1cccc(F)c1. The fourth-order valence-electron chi connectivity index (χ4n) is 1.71. The van der Waals surface area contributed by atoms with Gasteiger partial charge in [-0.15, -0.1) is 0 Å². The number of rotatable bonds is 3. The Bertz CT molecular complexity index is 381. The van der Waals surface area contributed by atoms with Gasteiger partial charge in [0, 0.05) is 12.0 Å². The van der Waals surface area contributed by atoms with Gasteiger partial charge in [-0.25, -0.2) is 4.39 Å². The van der Waals surface area contributed by atoms with Crippen molar-refractivity contribution in [3.05, 3.63) is 35.6 Å². The zero-order valence-electron chi connectivity index (χ0n) is 8.11. The van der Waals surface area contributed by atoms with Crippen molar-refractivity contribution in [2.24, 2.45) is 0 Å². The summed E-state index contributed by atoms with van der Waals surface area (Å²) in [4.78, 5) is 10.9. The van der Waals surface area contributed by atoms with Gasteiger partial charge in [0.25, 0.3) is 0 Å². The maximum Gasteiger partial charge on any atom is 0.245 e. The summed E-state index contributed by atoms with van der Waals surface area (Å²) in [7, 11) is 0. The van der Waals surface area contributed by atoms with Crippen LogP contribution in [-0.4, -0.2) is 23.7 Å². The van der Waals surface area contributed by atoms with E-state index in [9.17, 15) is 9.18 Å². The van der Waals surface area contributed by atoms with E-state index < -0.39 is 6.61 Å². The summed E-state index contributed by atoms with van der Waals surface area (Å²) < 4.78 is 12.9. The van der Waals surface area contributed by atoms with E-state index in [0.29, 0.717) is 0 Å². The van der Waals surface area contributed by atoms with Gasteiger partial charge in [-0.3, -0.25) is 4.79 Å². The minimum atomic E-state index is -0.494. The molecule has 0 saturated heterocycles. The number of nitrogens with one attached hydrogen (secondary N) is 1. The zero-order valence-corrected chi connectivity index (χ0v) is 8.11. The summed E-state index contributed by atoms with van der Waals surface area (Å²) in [5.74, 6) is -0.443. The molecule has 1 aromatic carbocycles. The number of hydrogen-bond acceptors (Lipinski definition) is 2. The zero-order chi connectivity index (χ0) is 10.8. The van der Waals surface area contributed by atoms with Crippen LogP contribution in [-0.2, 0) is 4.79 Å². The third-order valence-corrected chi connectivity index (χ3v) is 2.56. The van der Waals surface area contributed by atoms with E-state index in [1.807, 2.05) is 6.07 Å². The minimum absolute atomic E-state index is 0.0476. The van der Waals surface area contributed by atoms with E-state index in [1.165, 1.54) is 12.1 Å². The molecule has 80 valence electrons. The topological polar surface area (TPSA) is 49.3 Å². The largest absolute Gasteiger partial charge is 0.387 e. The van der Waals surface area contributed by atoms with Gasteiger partial charge in [-0.05, 0) is 24.1 Å². The van der Waals surface area contributed by atoms with E-state index in [1.54, 1.807) is 6.07 Å². The van der Waals surface area contributed by atoms with Crippen LogP contribution in [0.5, 0.6) is 0 Å². The number of carbonyl (C=O) groups is 1. The van der Waals surface area contributed by atoms with E-state index in [4.69, 9.17) is 5.11 Å². The minimum Gasteiger partial charge on any atom is -0.387 e. The Labute approximate surface area is 86.9 Å². The molecular weight excluding hydrogens is 197 g/mol. The molecule has 0 bridgehead atoms. The predicted molar refractivity (Wildman–Crippen MR) is 52.8 cm³/mol. The lowest BCUT2D eigenvalue weighted by atomic mass is 10.1. The fourth-order valence-corrected chi connectivity index (χ4v) is 1.71. The molecule has 0 aromatic heterocycles. The van der Waals surface area contributed by atoms with Crippen molar-refractivity contribution in [1.29, 1.82) is 0 Å². The highest BCUT2D eigenvalue weighted by molar-refractivity contribution is 5.77. The van der Waals surface area contributed by atoms with E-state index in [-0.39, 0.29) is 23.7 Å². The van der Waals surface area contributed by atoms with Gasteiger partial charge in [0.15, 0.2) is 0 Å². The lowest BCUT2D eigenvalue weighted by Gasteiger charge is -2.02. The Hall–Kier alpha value is -1.42. The molecule has 3 nitrogen and oxygen atoms in total. The number of halogens is 1. The summed E-state index contributed by atoms with van der Waals surface area (Å²) in [5.41, 5.74) is 0.901. The van der Waals surface area contributed by atoms with Crippen LogP contribution in [0.1, 0.15) is 17.9 Å². The van der Waals surface area contributed by atoms with Crippen molar-refractivity contribution in [2.75, 3.05) is 6.61 Å². The third kappa shape index (κ3) is 2.33. The number of amides is 1. The Kier molecular flexibility index (Phi) is 2.68. The molecule has 4 heteroatoms. The van der Waals surface area contributed by atoms with Gasteiger partial charge in [0.1, 0.15) is 12.4 Å². The van der Waals surface area contributed by atoms with Gasteiger partial charge < -0.3 is 10.4 Å². The lowest BCUT2D eigenvalue weighted by molar-refractivity contribution is -0.123. The highest BCUT2D eigenvalue weighted by atomic mass is 19.1. The monoisotopic (exact) mass is 209 g/mol. The van der Waals surface area contributed by atoms with E-state index in [2.05, 4.69) is 5.32 Å². The summed E-state index contributed by atoms with van der Waals surface area (Å²) in [6.45, 7) is -0.494. The fraction of sp³-hybridized carbons (Fsp3) is 0.364. The third-order valence-electron chi connectivity index (χ3n) is 2.56. The maximum atomic E-state index is 12.9. The molecule has 0 heterocycles. The number of aliphatic hydroxyl groups is 1. The van der Waals surface area contributed by atoms with Crippen molar-refractivity contribution < 1.29 is 14.3 Å². The molecule has 0 radical (unpaired) electrons. The van der Waals surface area contributed by atoms with Crippen LogP contribution in [0.3, 0.4) is 0 Å². The molecule has 0 aliphatic heterocycles.